The number of hydrogen-bond donors (Lipinski definition) is 3. The van der Waals surface area contributed by atoms with Crippen molar-refractivity contribution >= 4 is 29.4 Å². The second-order valence-electron chi connectivity index (χ2n) is 8.05. The zero-order chi connectivity index (χ0) is 24.0. The van der Waals surface area contributed by atoms with Crippen molar-refractivity contribution in [3.05, 3.63) is 63.9 Å². The molecule has 2 aromatic carbocycles. The minimum Gasteiger partial charge on any atom is -0.490 e. The van der Waals surface area contributed by atoms with Crippen LogP contribution in [0.3, 0.4) is 0 Å². The van der Waals surface area contributed by atoms with Crippen LogP contribution in [0.4, 0.5) is 4.39 Å². The summed E-state index contributed by atoms with van der Waals surface area (Å²) in [6, 6.07) is 8.95. The predicted octanol–water partition coefficient (Wildman–Crippen LogP) is 3.97. The fourth-order valence-electron chi connectivity index (χ4n) is 3.71. The summed E-state index contributed by atoms with van der Waals surface area (Å²) < 4.78 is 20.2. The highest BCUT2D eigenvalue weighted by atomic mass is 35.5. The van der Waals surface area contributed by atoms with Gasteiger partial charge in [-0.05, 0) is 68.5 Å². The third-order valence-electron chi connectivity index (χ3n) is 5.63. The number of amides is 2. The van der Waals surface area contributed by atoms with Gasteiger partial charge in [-0.1, -0.05) is 11.6 Å². The third-order valence-corrected chi connectivity index (χ3v) is 6.05. The van der Waals surface area contributed by atoms with Gasteiger partial charge in [0.25, 0.3) is 11.8 Å². The summed E-state index contributed by atoms with van der Waals surface area (Å²) in [6.45, 7) is 2.10. The highest BCUT2D eigenvalue weighted by Crippen LogP contribution is 2.28. The number of benzene rings is 2. The van der Waals surface area contributed by atoms with E-state index in [9.17, 15) is 18.8 Å². The Morgan fingerprint density at radius 1 is 1.03 bits per heavy atom. The summed E-state index contributed by atoms with van der Waals surface area (Å²) >= 11 is 5.95. The molecular weight excluding hydrogens is 451 g/mol. The molecule has 0 unspecified atom stereocenters. The van der Waals surface area contributed by atoms with E-state index < -0.39 is 17.7 Å². The third kappa shape index (κ3) is 6.68. The van der Waals surface area contributed by atoms with Crippen LogP contribution in [0.1, 0.15) is 52.0 Å². The largest absolute Gasteiger partial charge is 0.490 e. The number of ether oxygens (including phenoxy) is 1. The van der Waals surface area contributed by atoms with Gasteiger partial charge < -0.3 is 20.5 Å². The van der Waals surface area contributed by atoms with Crippen molar-refractivity contribution in [1.82, 2.24) is 10.6 Å². The minimum atomic E-state index is -0.797. The van der Waals surface area contributed by atoms with Gasteiger partial charge in [0.05, 0.1) is 17.6 Å². The van der Waals surface area contributed by atoms with Crippen molar-refractivity contribution in [3.63, 3.8) is 0 Å². The molecule has 3 N–H and O–H groups in total. The Bertz CT molecular complexity index is 1040. The van der Waals surface area contributed by atoms with Crippen LogP contribution in [0.15, 0.2) is 36.4 Å². The summed E-state index contributed by atoms with van der Waals surface area (Å²) in [5, 5.41) is 14.9. The fraction of sp³-hybridized carbons (Fsp3) is 0.375. The number of nitrogens with one attached hydrogen (secondary N) is 2. The van der Waals surface area contributed by atoms with Gasteiger partial charge in [-0.3, -0.25) is 14.4 Å². The summed E-state index contributed by atoms with van der Waals surface area (Å²) in [5.41, 5.74) is 1.12. The topological polar surface area (TPSA) is 105 Å². The monoisotopic (exact) mass is 476 g/mol. The van der Waals surface area contributed by atoms with Crippen molar-refractivity contribution in [2.24, 2.45) is 5.92 Å². The predicted molar refractivity (Wildman–Crippen MR) is 121 cm³/mol. The molecule has 33 heavy (non-hydrogen) atoms. The van der Waals surface area contributed by atoms with Gasteiger partial charge in [-0.15, -0.1) is 0 Å². The Balaban J connectivity index is 1.45. The van der Waals surface area contributed by atoms with Crippen molar-refractivity contribution < 1.29 is 28.6 Å². The van der Waals surface area contributed by atoms with Gasteiger partial charge >= 0.3 is 5.97 Å². The second-order valence-corrected chi connectivity index (χ2v) is 8.45. The number of hydrogen-bond acceptors (Lipinski definition) is 4. The van der Waals surface area contributed by atoms with E-state index in [4.69, 9.17) is 21.4 Å². The first-order valence-electron chi connectivity index (χ1n) is 10.8. The molecule has 0 saturated heterocycles. The van der Waals surface area contributed by atoms with Crippen LogP contribution in [0.25, 0.3) is 0 Å². The molecule has 0 aliphatic heterocycles. The van der Waals surface area contributed by atoms with E-state index in [0.29, 0.717) is 42.0 Å². The highest BCUT2D eigenvalue weighted by molar-refractivity contribution is 6.31. The van der Waals surface area contributed by atoms with Gasteiger partial charge in [0, 0.05) is 29.7 Å². The Morgan fingerprint density at radius 2 is 1.70 bits per heavy atom. The summed E-state index contributed by atoms with van der Waals surface area (Å²) in [5.74, 6) is -2.47. The van der Waals surface area contributed by atoms with Crippen molar-refractivity contribution in [1.29, 1.82) is 0 Å². The van der Waals surface area contributed by atoms with Crippen LogP contribution in [0.2, 0.25) is 5.02 Å². The van der Waals surface area contributed by atoms with Crippen LogP contribution in [-0.4, -0.2) is 42.1 Å². The van der Waals surface area contributed by atoms with Crippen LogP contribution < -0.4 is 15.4 Å². The summed E-state index contributed by atoms with van der Waals surface area (Å²) in [4.78, 5) is 35.5. The molecule has 1 saturated carbocycles. The molecule has 9 heteroatoms. The standard InChI is InChI=1S/C24H26ClFN2O5/c1-14-12-16(4-9-20(14)25)22(29)27-10-11-28-23(30)19-8-7-18(13-21(19)26)33-17-5-2-15(3-6-17)24(31)32/h4,7-9,12-13,15,17H,2-3,5-6,10-11H2,1H3,(H,27,29)(H,28,30)(H,31,32)/t15-,17+. The molecule has 1 aliphatic carbocycles. The minimum absolute atomic E-state index is 0.127. The maximum atomic E-state index is 14.5. The average molecular weight is 477 g/mol. The Morgan fingerprint density at radius 3 is 2.30 bits per heavy atom. The Kier molecular flexibility index (Phi) is 8.27. The van der Waals surface area contributed by atoms with E-state index in [-0.39, 0.29) is 36.6 Å². The lowest BCUT2D eigenvalue weighted by atomic mass is 9.87. The number of carboxylic acid groups (broad SMARTS) is 1. The zero-order valence-electron chi connectivity index (χ0n) is 18.2. The van der Waals surface area contributed by atoms with Gasteiger partial charge in [0.2, 0.25) is 0 Å². The first-order valence-corrected chi connectivity index (χ1v) is 11.1. The van der Waals surface area contributed by atoms with E-state index in [1.54, 1.807) is 25.1 Å². The first kappa shape index (κ1) is 24.5. The maximum absolute atomic E-state index is 14.5. The van der Waals surface area contributed by atoms with E-state index in [1.807, 2.05) is 0 Å². The lowest BCUT2D eigenvalue weighted by molar-refractivity contribution is -0.143. The lowest BCUT2D eigenvalue weighted by Gasteiger charge is -2.26. The first-order chi connectivity index (χ1) is 15.7. The molecule has 1 aliphatic rings. The molecular formula is C24H26ClFN2O5. The van der Waals surface area contributed by atoms with Crippen molar-refractivity contribution in [2.75, 3.05) is 13.1 Å². The van der Waals surface area contributed by atoms with E-state index >= 15 is 0 Å². The van der Waals surface area contributed by atoms with Gasteiger partial charge in [-0.25, -0.2) is 4.39 Å². The molecule has 0 spiro atoms. The molecule has 7 nitrogen and oxygen atoms in total. The number of aliphatic carboxylic acids is 1. The normalized spacial score (nSPS) is 17.8. The molecule has 0 radical (unpaired) electrons. The van der Waals surface area contributed by atoms with Crippen LogP contribution in [-0.2, 0) is 4.79 Å². The molecule has 3 rings (SSSR count). The second kappa shape index (κ2) is 11.1. The number of carboxylic acids is 1. The van der Waals surface area contributed by atoms with Gasteiger partial charge in [-0.2, -0.15) is 0 Å². The molecule has 0 heterocycles. The van der Waals surface area contributed by atoms with E-state index in [1.165, 1.54) is 12.1 Å². The molecule has 0 aromatic heterocycles. The van der Waals surface area contributed by atoms with Crippen molar-refractivity contribution in [2.45, 2.75) is 38.7 Å². The number of carbonyl (C=O) groups is 3. The Labute approximate surface area is 196 Å². The molecule has 176 valence electrons. The fourth-order valence-corrected chi connectivity index (χ4v) is 3.83. The zero-order valence-corrected chi connectivity index (χ0v) is 19.0. The average Bonchev–Trinajstić information content (AvgIpc) is 2.78. The number of halogens is 2. The SMILES string of the molecule is Cc1cc(C(=O)NCCNC(=O)c2ccc(O[C@H]3CC[C@@H](C(=O)O)CC3)cc2F)ccc1Cl. The molecule has 1 fully saturated rings. The van der Waals surface area contributed by atoms with Crippen LogP contribution in [0, 0.1) is 18.7 Å². The smallest absolute Gasteiger partial charge is 0.306 e. The highest BCUT2D eigenvalue weighted by Gasteiger charge is 2.27. The van der Waals surface area contributed by atoms with E-state index in [2.05, 4.69) is 10.6 Å². The maximum Gasteiger partial charge on any atom is 0.306 e. The molecule has 0 bridgehead atoms. The van der Waals surface area contributed by atoms with Crippen LogP contribution >= 0.6 is 11.6 Å². The molecule has 0 atom stereocenters. The van der Waals surface area contributed by atoms with Gasteiger partial charge in [0.15, 0.2) is 0 Å². The van der Waals surface area contributed by atoms with Crippen molar-refractivity contribution in [3.8, 4) is 5.75 Å². The van der Waals surface area contributed by atoms with Gasteiger partial charge in [0.1, 0.15) is 11.6 Å². The summed E-state index contributed by atoms with van der Waals surface area (Å²) in [6.07, 6.45) is 2.05. The molecule has 2 amide bonds. The number of aryl methyl sites for hydroxylation is 1. The summed E-state index contributed by atoms with van der Waals surface area (Å²) in [7, 11) is 0. The quantitative estimate of drug-likeness (QED) is 0.500. The number of rotatable bonds is 8. The lowest BCUT2D eigenvalue weighted by Crippen LogP contribution is -2.35. The number of carbonyl (C=O) groups excluding carboxylic acids is 2. The van der Waals surface area contributed by atoms with Crippen LogP contribution in [0.5, 0.6) is 5.75 Å². The molecule has 2 aromatic rings. The Hall–Kier alpha value is -3.13. The van der Waals surface area contributed by atoms with E-state index in [0.717, 1.165) is 11.6 Å².